The number of nitrogens with one attached hydrogen (secondary N) is 2. The highest BCUT2D eigenvalue weighted by Crippen LogP contribution is 2.29. The van der Waals surface area contributed by atoms with Gasteiger partial charge in [-0.05, 0) is 6.92 Å². The molecule has 0 aliphatic heterocycles. The number of alkyl halides is 3. The molecule has 0 atom stereocenters. The number of rotatable bonds is 5. The van der Waals surface area contributed by atoms with Crippen LogP contribution in [0.25, 0.3) is 0 Å². The summed E-state index contributed by atoms with van der Waals surface area (Å²) in [7, 11) is 0. The molecule has 100 valence electrons. The Kier molecular flexibility index (Phi) is 4.23. The van der Waals surface area contributed by atoms with E-state index in [1.807, 2.05) is 5.32 Å². The summed E-state index contributed by atoms with van der Waals surface area (Å²) < 4.78 is 36.1. The van der Waals surface area contributed by atoms with Crippen LogP contribution in [-0.2, 0) is 0 Å². The molecule has 10 heteroatoms. The average Bonchev–Trinajstić information content (AvgIpc) is 2.25. The molecule has 0 saturated carbocycles. The highest BCUT2D eigenvalue weighted by Gasteiger charge is 2.30. The maximum absolute atomic E-state index is 12.0. The zero-order valence-corrected chi connectivity index (χ0v) is 9.28. The Morgan fingerprint density at radius 1 is 1.33 bits per heavy atom. The van der Waals surface area contributed by atoms with Crippen LogP contribution in [0, 0.1) is 10.1 Å². The molecule has 0 unspecified atom stereocenters. The van der Waals surface area contributed by atoms with Gasteiger partial charge in [-0.25, -0.2) is 9.97 Å². The van der Waals surface area contributed by atoms with Gasteiger partial charge in [-0.1, -0.05) is 0 Å². The zero-order chi connectivity index (χ0) is 13.8. The van der Waals surface area contributed by atoms with Gasteiger partial charge in [0.15, 0.2) is 0 Å². The van der Waals surface area contributed by atoms with Crippen molar-refractivity contribution in [2.24, 2.45) is 0 Å². The number of anilines is 2. The Balaban J connectivity index is 3.03. The molecule has 0 aliphatic carbocycles. The monoisotopic (exact) mass is 265 g/mol. The molecule has 0 fully saturated rings. The summed E-state index contributed by atoms with van der Waals surface area (Å²) >= 11 is 0. The van der Waals surface area contributed by atoms with Gasteiger partial charge >= 0.3 is 11.9 Å². The van der Waals surface area contributed by atoms with E-state index in [-0.39, 0.29) is 5.82 Å². The molecule has 1 aromatic heterocycles. The van der Waals surface area contributed by atoms with Crippen LogP contribution in [0.4, 0.5) is 30.5 Å². The smallest absolute Gasteiger partial charge is 0.364 e. The van der Waals surface area contributed by atoms with Crippen molar-refractivity contribution in [3.05, 3.63) is 16.4 Å². The number of halogens is 3. The molecular formula is C8H10F3N5O2. The van der Waals surface area contributed by atoms with Crippen molar-refractivity contribution in [3.63, 3.8) is 0 Å². The Bertz CT molecular complexity index is 437. The summed E-state index contributed by atoms with van der Waals surface area (Å²) in [6.07, 6.45) is -3.54. The first-order chi connectivity index (χ1) is 8.35. The van der Waals surface area contributed by atoms with Crippen LogP contribution in [0.3, 0.4) is 0 Å². The maximum Gasteiger partial charge on any atom is 0.405 e. The second kappa shape index (κ2) is 5.47. The van der Waals surface area contributed by atoms with Gasteiger partial charge in [0.2, 0.25) is 11.6 Å². The standard InChI is InChI=1S/C8H10F3N5O2/c1-2-12-6-5(16(17)18)7(15-4-14-6)13-3-8(9,10)11/h4H,2-3H2,1H3,(H2,12,13,14,15). The molecule has 0 amide bonds. The number of hydrogen-bond acceptors (Lipinski definition) is 6. The van der Waals surface area contributed by atoms with E-state index >= 15 is 0 Å². The Morgan fingerprint density at radius 3 is 2.33 bits per heavy atom. The fourth-order valence-corrected chi connectivity index (χ4v) is 1.16. The Labute approximate surface area is 99.6 Å². The highest BCUT2D eigenvalue weighted by molar-refractivity contribution is 5.69. The van der Waals surface area contributed by atoms with E-state index in [9.17, 15) is 23.3 Å². The molecule has 0 bridgehead atoms. The molecule has 0 spiro atoms. The molecule has 1 heterocycles. The summed E-state index contributed by atoms with van der Waals surface area (Å²) in [6, 6.07) is 0. The van der Waals surface area contributed by atoms with Crippen LogP contribution in [0.15, 0.2) is 6.33 Å². The molecule has 0 aromatic carbocycles. The van der Waals surface area contributed by atoms with Crippen LogP contribution in [0.5, 0.6) is 0 Å². The Hall–Kier alpha value is -2.13. The van der Waals surface area contributed by atoms with Crippen molar-refractivity contribution in [2.45, 2.75) is 13.1 Å². The van der Waals surface area contributed by atoms with Crippen LogP contribution in [0.2, 0.25) is 0 Å². The lowest BCUT2D eigenvalue weighted by Crippen LogP contribution is -2.22. The summed E-state index contributed by atoms with van der Waals surface area (Å²) in [4.78, 5) is 17.0. The molecule has 2 N–H and O–H groups in total. The highest BCUT2D eigenvalue weighted by atomic mass is 19.4. The van der Waals surface area contributed by atoms with Crippen LogP contribution in [-0.4, -0.2) is 34.2 Å². The summed E-state index contributed by atoms with van der Waals surface area (Å²) in [5.41, 5.74) is -0.608. The summed E-state index contributed by atoms with van der Waals surface area (Å²) in [5.74, 6) is -0.592. The lowest BCUT2D eigenvalue weighted by Gasteiger charge is -2.10. The van der Waals surface area contributed by atoms with Gasteiger partial charge in [-0.15, -0.1) is 0 Å². The SMILES string of the molecule is CCNc1ncnc(NCC(F)(F)F)c1[N+](=O)[O-]. The molecule has 1 aromatic rings. The number of nitrogens with zero attached hydrogens (tertiary/aromatic N) is 3. The lowest BCUT2D eigenvalue weighted by atomic mass is 10.4. The van der Waals surface area contributed by atoms with E-state index in [0.717, 1.165) is 6.33 Å². The first kappa shape index (κ1) is 13.9. The summed E-state index contributed by atoms with van der Waals surface area (Å²) in [5, 5.41) is 15.3. The van der Waals surface area contributed by atoms with Gasteiger partial charge in [0.1, 0.15) is 12.9 Å². The largest absolute Gasteiger partial charge is 0.405 e. The van der Waals surface area contributed by atoms with E-state index in [1.54, 1.807) is 6.92 Å². The van der Waals surface area contributed by atoms with E-state index < -0.39 is 29.1 Å². The molecule has 1 rings (SSSR count). The third kappa shape index (κ3) is 3.71. The first-order valence-electron chi connectivity index (χ1n) is 4.89. The molecule has 18 heavy (non-hydrogen) atoms. The van der Waals surface area contributed by atoms with Gasteiger partial charge in [-0.3, -0.25) is 10.1 Å². The van der Waals surface area contributed by atoms with Gasteiger partial charge in [0.25, 0.3) is 0 Å². The van der Waals surface area contributed by atoms with Crippen molar-refractivity contribution in [1.29, 1.82) is 0 Å². The molecule has 0 saturated heterocycles. The van der Waals surface area contributed by atoms with Gasteiger partial charge < -0.3 is 10.6 Å². The average molecular weight is 265 g/mol. The minimum Gasteiger partial charge on any atom is -0.364 e. The van der Waals surface area contributed by atoms with E-state index in [2.05, 4.69) is 15.3 Å². The lowest BCUT2D eigenvalue weighted by molar-refractivity contribution is -0.383. The van der Waals surface area contributed by atoms with E-state index in [4.69, 9.17) is 0 Å². The van der Waals surface area contributed by atoms with Gasteiger partial charge in [-0.2, -0.15) is 13.2 Å². The minimum atomic E-state index is -4.49. The quantitative estimate of drug-likeness (QED) is 0.622. The molecule has 7 nitrogen and oxygen atoms in total. The van der Waals surface area contributed by atoms with Crippen molar-refractivity contribution in [1.82, 2.24) is 9.97 Å². The van der Waals surface area contributed by atoms with Crippen LogP contribution < -0.4 is 10.6 Å². The summed E-state index contributed by atoms with van der Waals surface area (Å²) in [6.45, 7) is 0.613. The fraction of sp³-hybridized carbons (Fsp3) is 0.500. The Morgan fingerprint density at radius 2 is 1.89 bits per heavy atom. The second-order valence-electron chi connectivity index (χ2n) is 3.18. The predicted molar refractivity (Wildman–Crippen MR) is 57.4 cm³/mol. The molecule has 0 aliphatic rings. The molecular weight excluding hydrogens is 255 g/mol. The van der Waals surface area contributed by atoms with E-state index in [1.165, 1.54) is 0 Å². The van der Waals surface area contributed by atoms with Crippen LogP contribution in [0.1, 0.15) is 6.92 Å². The van der Waals surface area contributed by atoms with E-state index in [0.29, 0.717) is 6.54 Å². The number of nitro groups is 1. The third-order valence-corrected chi connectivity index (χ3v) is 1.81. The van der Waals surface area contributed by atoms with Crippen LogP contribution >= 0.6 is 0 Å². The van der Waals surface area contributed by atoms with Gasteiger partial charge in [0.05, 0.1) is 4.92 Å². The number of aromatic nitrogens is 2. The predicted octanol–water partition coefficient (Wildman–Crippen LogP) is 1.79. The van der Waals surface area contributed by atoms with Crippen molar-refractivity contribution < 1.29 is 18.1 Å². The topological polar surface area (TPSA) is 93.0 Å². The van der Waals surface area contributed by atoms with Crippen molar-refractivity contribution in [3.8, 4) is 0 Å². The van der Waals surface area contributed by atoms with Gasteiger partial charge in [0, 0.05) is 6.54 Å². The fourth-order valence-electron chi connectivity index (χ4n) is 1.16. The molecule has 0 radical (unpaired) electrons. The maximum atomic E-state index is 12.0. The first-order valence-corrected chi connectivity index (χ1v) is 4.89. The normalized spacial score (nSPS) is 11.1. The van der Waals surface area contributed by atoms with Crippen molar-refractivity contribution >= 4 is 17.3 Å². The zero-order valence-electron chi connectivity index (χ0n) is 9.28. The third-order valence-electron chi connectivity index (χ3n) is 1.81. The minimum absolute atomic E-state index is 0.123. The second-order valence-corrected chi connectivity index (χ2v) is 3.18. The number of hydrogen-bond donors (Lipinski definition) is 2. The van der Waals surface area contributed by atoms with Crippen molar-refractivity contribution in [2.75, 3.05) is 23.7 Å².